The Bertz CT molecular complexity index is 764. The number of halogens is 3. The molecule has 10 heteroatoms. The van der Waals surface area contributed by atoms with Crippen molar-refractivity contribution < 1.29 is 10.0 Å². The fraction of sp³-hybridized carbons (Fsp3) is 0.278. The first-order valence-corrected chi connectivity index (χ1v) is 9.54. The summed E-state index contributed by atoms with van der Waals surface area (Å²) in [6, 6.07) is 10.8. The number of hydroxylamine groups is 1. The van der Waals surface area contributed by atoms with Crippen LogP contribution in [0, 0.1) is 0 Å². The van der Waals surface area contributed by atoms with Crippen LogP contribution in [0.4, 0.5) is 5.82 Å². The van der Waals surface area contributed by atoms with Crippen LogP contribution in [-0.4, -0.2) is 45.1 Å². The number of rotatable bonds is 6. The Morgan fingerprint density at radius 3 is 2.64 bits per heavy atom. The van der Waals surface area contributed by atoms with Crippen LogP contribution in [0.2, 0.25) is 0 Å². The van der Waals surface area contributed by atoms with Crippen LogP contribution in [0.15, 0.2) is 48.8 Å². The van der Waals surface area contributed by atoms with Crippen molar-refractivity contribution in [2.75, 3.05) is 18.4 Å². The number of anilines is 1. The maximum Gasteiger partial charge on any atom is 0.267 e. The monoisotopic (exact) mass is 537 g/mol. The molecule has 1 aliphatic rings. The van der Waals surface area contributed by atoms with Crippen molar-refractivity contribution in [2.24, 2.45) is 0 Å². The minimum absolute atomic E-state index is 0. The lowest BCUT2D eigenvalue weighted by molar-refractivity contribution is -0.124. The summed E-state index contributed by atoms with van der Waals surface area (Å²) in [5, 5.41) is 11.9. The van der Waals surface area contributed by atoms with Crippen molar-refractivity contribution in [3.8, 4) is 0 Å². The van der Waals surface area contributed by atoms with Crippen molar-refractivity contribution in [3.63, 3.8) is 0 Å². The SMILES string of the molecule is Cl.Cl.O=C(C=Cc1cnc(N[C@@H]2CCN(C(I)c3ccccc3)C2)cn1)NO. The summed E-state index contributed by atoms with van der Waals surface area (Å²) < 4.78 is 0.358. The second-order valence-electron chi connectivity index (χ2n) is 6.01. The van der Waals surface area contributed by atoms with E-state index in [2.05, 4.69) is 67.0 Å². The minimum Gasteiger partial charge on any atom is -0.365 e. The fourth-order valence-corrected chi connectivity index (χ4v) is 3.76. The van der Waals surface area contributed by atoms with Crippen molar-refractivity contribution >= 4 is 65.2 Å². The molecular formula is C18H22Cl2IN5O2. The summed E-state index contributed by atoms with van der Waals surface area (Å²) in [7, 11) is 0. The Morgan fingerprint density at radius 1 is 1.25 bits per heavy atom. The molecule has 1 amide bonds. The van der Waals surface area contributed by atoms with E-state index >= 15 is 0 Å². The lowest BCUT2D eigenvalue weighted by Crippen LogP contribution is -2.27. The Balaban J connectivity index is 0.00000196. The van der Waals surface area contributed by atoms with Gasteiger partial charge in [-0.2, -0.15) is 0 Å². The Kier molecular flexibility index (Phi) is 10.7. The molecule has 1 fully saturated rings. The number of likely N-dealkylation sites (tertiary alicyclic amines) is 1. The van der Waals surface area contributed by atoms with Gasteiger partial charge < -0.3 is 5.32 Å². The standard InChI is InChI=1S/C18H20IN5O2.2ClH/c19-18(13-4-2-1-3-5-13)24-9-8-15(12-24)22-16-11-20-14(10-21-16)6-7-17(25)23-26;;/h1-7,10-11,15,18,26H,8-9,12H2,(H,21,22)(H,23,25);2*1H/t15-,18?;;/m1../s1. The van der Waals surface area contributed by atoms with E-state index in [-0.39, 0.29) is 24.8 Å². The second-order valence-corrected chi connectivity index (χ2v) is 7.19. The molecule has 1 unspecified atom stereocenters. The predicted molar refractivity (Wildman–Crippen MR) is 122 cm³/mol. The molecule has 7 nitrogen and oxygen atoms in total. The van der Waals surface area contributed by atoms with Gasteiger partial charge in [-0.3, -0.25) is 19.9 Å². The molecule has 0 aliphatic carbocycles. The molecule has 2 heterocycles. The van der Waals surface area contributed by atoms with Crippen LogP contribution in [-0.2, 0) is 4.79 Å². The van der Waals surface area contributed by atoms with Crippen molar-refractivity contribution in [1.82, 2.24) is 20.3 Å². The molecule has 2 atom stereocenters. The van der Waals surface area contributed by atoms with Crippen molar-refractivity contribution in [3.05, 3.63) is 60.1 Å². The Morgan fingerprint density at radius 2 is 2.00 bits per heavy atom. The molecule has 3 rings (SSSR count). The van der Waals surface area contributed by atoms with Crippen LogP contribution < -0.4 is 10.8 Å². The summed E-state index contributed by atoms with van der Waals surface area (Å²) in [6.07, 6.45) is 6.96. The second kappa shape index (κ2) is 12.2. The largest absolute Gasteiger partial charge is 0.365 e. The molecule has 1 aromatic carbocycles. The predicted octanol–water partition coefficient (Wildman–Crippen LogP) is 3.46. The van der Waals surface area contributed by atoms with Gasteiger partial charge in [-0.15, -0.1) is 24.8 Å². The van der Waals surface area contributed by atoms with Gasteiger partial charge in [0, 0.05) is 25.2 Å². The Hall–Kier alpha value is -1.46. The van der Waals surface area contributed by atoms with Gasteiger partial charge >= 0.3 is 0 Å². The van der Waals surface area contributed by atoms with Gasteiger partial charge in [0.25, 0.3) is 5.91 Å². The zero-order valence-corrected chi connectivity index (χ0v) is 18.7. The average Bonchev–Trinajstić information content (AvgIpc) is 3.15. The van der Waals surface area contributed by atoms with Crippen LogP contribution >= 0.6 is 47.4 Å². The highest BCUT2D eigenvalue weighted by Crippen LogP contribution is 2.31. The van der Waals surface area contributed by atoms with Crippen LogP contribution in [0.3, 0.4) is 0 Å². The molecule has 0 radical (unpaired) electrons. The molecule has 152 valence electrons. The molecule has 1 aromatic heterocycles. The molecule has 1 saturated heterocycles. The highest BCUT2D eigenvalue weighted by molar-refractivity contribution is 14.1. The summed E-state index contributed by atoms with van der Waals surface area (Å²) >= 11 is 2.48. The van der Waals surface area contributed by atoms with E-state index < -0.39 is 5.91 Å². The number of hydrogen-bond donors (Lipinski definition) is 3. The quantitative estimate of drug-likeness (QED) is 0.131. The molecule has 0 bridgehead atoms. The number of carbonyl (C=O) groups excluding carboxylic acids is 1. The number of alkyl halides is 1. The summed E-state index contributed by atoms with van der Waals surface area (Å²) in [5.41, 5.74) is 3.39. The van der Waals surface area contributed by atoms with Gasteiger partial charge in [0.2, 0.25) is 0 Å². The molecule has 0 saturated carbocycles. The van der Waals surface area contributed by atoms with Crippen molar-refractivity contribution in [2.45, 2.75) is 16.5 Å². The number of carbonyl (C=O) groups is 1. The molecule has 2 aromatic rings. The highest BCUT2D eigenvalue weighted by atomic mass is 127. The van der Waals surface area contributed by atoms with E-state index in [1.54, 1.807) is 12.4 Å². The fourth-order valence-electron chi connectivity index (χ4n) is 2.84. The van der Waals surface area contributed by atoms with Crippen molar-refractivity contribution in [1.29, 1.82) is 0 Å². The average molecular weight is 538 g/mol. The van der Waals surface area contributed by atoms with E-state index in [1.807, 2.05) is 6.07 Å². The topological polar surface area (TPSA) is 90.4 Å². The third-order valence-corrected chi connectivity index (χ3v) is 5.66. The summed E-state index contributed by atoms with van der Waals surface area (Å²) in [6.45, 7) is 1.98. The first-order chi connectivity index (χ1) is 12.7. The molecule has 0 spiro atoms. The zero-order valence-electron chi connectivity index (χ0n) is 14.9. The molecule has 28 heavy (non-hydrogen) atoms. The highest BCUT2D eigenvalue weighted by Gasteiger charge is 2.27. The van der Waals surface area contributed by atoms with Gasteiger partial charge in [-0.05, 0) is 18.1 Å². The van der Waals surface area contributed by atoms with E-state index in [0.29, 0.717) is 21.6 Å². The van der Waals surface area contributed by atoms with E-state index in [9.17, 15) is 4.79 Å². The van der Waals surface area contributed by atoms with Crippen LogP contribution in [0.25, 0.3) is 6.08 Å². The maximum absolute atomic E-state index is 11.0. The van der Waals surface area contributed by atoms with E-state index in [4.69, 9.17) is 5.21 Å². The van der Waals surface area contributed by atoms with E-state index in [1.165, 1.54) is 23.2 Å². The number of nitrogens with zero attached hydrogens (tertiary/aromatic N) is 3. The lowest BCUT2D eigenvalue weighted by Gasteiger charge is -2.23. The Labute approximate surface area is 189 Å². The van der Waals surface area contributed by atoms with Gasteiger partial charge in [-0.1, -0.05) is 52.9 Å². The number of nitrogens with one attached hydrogen (secondary N) is 2. The third-order valence-electron chi connectivity index (χ3n) is 4.15. The first kappa shape index (κ1) is 24.6. The zero-order chi connectivity index (χ0) is 18.4. The van der Waals surface area contributed by atoms with Gasteiger partial charge in [0.15, 0.2) is 0 Å². The van der Waals surface area contributed by atoms with Gasteiger partial charge in [-0.25, -0.2) is 10.5 Å². The summed E-state index contributed by atoms with van der Waals surface area (Å²) in [5.74, 6) is 0.108. The summed E-state index contributed by atoms with van der Waals surface area (Å²) in [4.78, 5) is 22.0. The van der Waals surface area contributed by atoms with Crippen LogP contribution in [0.5, 0.6) is 0 Å². The maximum atomic E-state index is 11.0. The number of aromatic nitrogens is 2. The lowest BCUT2D eigenvalue weighted by atomic mass is 10.2. The molecular weight excluding hydrogens is 516 g/mol. The molecule has 3 N–H and O–H groups in total. The number of benzene rings is 1. The minimum atomic E-state index is -0.605. The normalized spacial score (nSPS) is 17.4. The van der Waals surface area contributed by atoms with Gasteiger partial charge in [0.1, 0.15) is 5.82 Å². The molecule has 1 aliphatic heterocycles. The third kappa shape index (κ3) is 6.85. The van der Waals surface area contributed by atoms with Gasteiger partial charge in [0.05, 0.1) is 22.1 Å². The van der Waals surface area contributed by atoms with E-state index in [0.717, 1.165) is 19.5 Å². The smallest absolute Gasteiger partial charge is 0.267 e. The van der Waals surface area contributed by atoms with Crippen LogP contribution in [0.1, 0.15) is 21.7 Å². The number of hydrogen-bond acceptors (Lipinski definition) is 6. The number of amides is 1. The first-order valence-electron chi connectivity index (χ1n) is 8.29.